The Morgan fingerprint density at radius 2 is 2.44 bits per heavy atom. The lowest BCUT2D eigenvalue weighted by molar-refractivity contribution is 0.518. The van der Waals surface area contributed by atoms with E-state index < -0.39 is 0 Å². The van der Waals surface area contributed by atoms with Gasteiger partial charge in [0, 0.05) is 12.6 Å². The van der Waals surface area contributed by atoms with Crippen molar-refractivity contribution < 1.29 is 4.42 Å². The van der Waals surface area contributed by atoms with Crippen LogP contribution in [0.2, 0.25) is 0 Å². The van der Waals surface area contributed by atoms with Crippen LogP contribution in [0.4, 0.5) is 0 Å². The van der Waals surface area contributed by atoms with E-state index >= 15 is 0 Å². The molecule has 0 saturated carbocycles. The van der Waals surface area contributed by atoms with E-state index in [9.17, 15) is 0 Å². The molecule has 0 fully saturated rings. The Morgan fingerprint density at radius 1 is 1.62 bits per heavy atom. The summed E-state index contributed by atoms with van der Waals surface area (Å²) in [4.78, 5) is 0. The second kappa shape index (κ2) is 4.80. The van der Waals surface area contributed by atoms with Crippen molar-refractivity contribution in [2.75, 3.05) is 6.54 Å². The van der Waals surface area contributed by atoms with Gasteiger partial charge in [0.25, 0.3) is 0 Å². The van der Waals surface area contributed by atoms with E-state index in [1.165, 1.54) is 0 Å². The molecule has 1 N–H and O–H groups in total. The van der Waals surface area contributed by atoms with Crippen LogP contribution in [-0.4, -0.2) is 21.5 Å². The highest BCUT2D eigenvalue weighted by Gasteiger charge is 2.20. The molecule has 0 aromatic carbocycles. The zero-order chi connectivity index (χ0) is 11.5. The first kappa shape index (κ1) is 11.3. The van der Waals surface area contributed by atoms with Crippen molar-refractivity contribution in [3.63, 3.8) is 0 Å². The first-order valence-corrected chi connectivity index (χ1v) is 5.84. The molecule has 6 heteroatoms. The Hall–Kier alpha value is -1.14. The Labute approximate surface area is 102 Å². The molecule has 0 amide bonds. The molecule has 0 saturated heterocycles. The molecule has 86 valence electrons. The second-order valence-electron chi connectivity index (χ2n) is 3.42. The Bertz CT molecular complexity index is 425. The van der Waals surface area contributed by atoms with E-state index in [-0.39, 0.29) is 6.04 Å². The number of nitrogens with one attached hydrogen (secondary N) is 1. The van der Waals surface area contributed by atoms with Crippen molar-refractivity contribution >= 4 is 15.9 Å². The molecule has 0 bridgehead atoms. The van der Waals surface area contributed by atoms with Crippen LogP contribution < -0.4 is 5.32 Å². The fourth-order valence-electron chi connectivity index (χ4n) is 1.65. The van der Waals surface area contributed by atoms with E-state index in [1.54, 1.807) is 17.1 Å². The van der Waals surface area contributed by atoms with Crippen LogP contribution >= 0.6 is 15.9 Å². The molecule has 2 rings (SSSR count). The summed E-state index contributed by atoms with van der Waals surface area (Å²) in [6.45, 7) is 2.91. The summed E-state index contributed by atoms with van der Waals surface area (Å²) in [6.07, 6.45) is 3.42. The number of aryl methyl sites for hydroxylation is 1. The quantitative estimate of drug-likeness (QED) is 0.931. The number of hydrogen-bond donors (Lipinski definition) is 1. The summed E-state index contributed by atoms with van der Waals surface area (Å²) in [6, 6.07) is 1.97. The van der Waals surface area contributed by atoms with Gasteiger partial charge < -0.3 is 9.73 Å². The van der Waals surface area contributed by atoms with Crippen molar-refractivity contribution in [2.45, 2.75) is 13.0 Å². The first-order chi connectivity index (χ1) is 7.74. The van der Waals surface area contributed by atoms with Gasteiger partial charge >= 0.3 is 0 Å². The Balaban J connectivity index is 2.39. The molecule has 2 aromatic rings. The summed E-state index contributed by atoms with van der Waals surface area (Å²) in [5.74, 6) is 0. The summed E-state index contributed by atoms with van der Waals surface area (Å²) < 4.78 is 7.75. The zero-order valence-corrected chi connectivity index (χ0v) is 10.7. The Morgan fingerprint density at radius 3 is 2.94 bits per heavy atom. The maximum absolute atomic E-state index is 5.26. The Kier molecular flexibility index (Phi) is 3.40. The molecule has 0 spiro atoms. The van der Waals surface area contributed by atoms with Crippen molar-refractivity contribution in [1.82, 2.24) is 20.3 Å². The molecule has 0 radical (unpaired) electrons. The average Bonchev–Trinajstić information content (AvgIpc) is 2.84. The molecule has 0 aliphatic rings. The number of rotatable bonds is 4. The van der Waals surface area contributed by atoms with Crippen LogP contribution in [0.1, 0.15) is 24.2 Å². The summed E-state index contributed by atoms with van der Waals surface area (Å²) >= 11 is 3.39. The van der Waals surface area contributed by atoms with Crippen molar-refractivity contribution in [1.29, 1.82) is 0 Å². The fraction of sp³-hybridized carbons (Fsp3) is 0.400. The smallest absolute Gasteiger partial charge is 0.174 e. The molecule has 2 heterocycles. The van der Waals surface area contributed by atoms with E-state index in [1.807, 2.05) is 13.1 Å². The van der Waals surface area contributed by atoms with Gasteiger partial charge in [0.05, 0.1) is 24.2 Å². The van der Waals surface area contributed by atoms with Crippen LogP contribution in [0, 0.1) is 0 Å². The zero-order valence-electron chi connectivity index (χ0n) is 9.14. The van der Waals surface area contributed by atoms with Gasteiger partial charge in [-0.1, -0.05) is 12.1 Å². The highest BCUT2D eigenvalue weighted by Crippen LogP contribution is 2.28. The van der Waals surface area contributed by atoms with Crippen molar-refractivity contribution in [3.8, 4) is 0 Å². The summed E-state index contributed by atoms with van der Waals surface area (Å²) in [7, 11) is 1.88. The van der Waals surface area contributed by atoms with Crippen LogP contribution in [-0.2, 0) is 7.05 Å². The summed E-state index contributed by atoms with van der Waals surface area (Å²) in [5, 5.41) is 11.2. The van der Waals surface area contributed by atoms with Crippen LogP contribution in [0.5, 0.6) is 0 Å². The normalized spacial score (nSPS) is 12.9. The maximum Gasteiger partial charge on any atom is 0.174 e. The lowest BCUT2D eigenvalue weighted by atomic mass is 10.1. The summed E-state index contributed by atoms with van der Waals surface area (Å²) in [5.41, 5.74) is 2.05. The van der Waals surface area contributed by atoms with Gasteiger partial charge in [-0.3, -0.25) is 4.68 Å². The highest BCUT2D eigenvalue weighted by molar-refractivity contribution is 9.10. The SMILES string of the molecule is CCNC(c1ccoc1Br)c1cnnn1C. The third-order valence-electron chi connectivity index (χ3n) is 2.41. The minimum absolute atomic E-state index is 0.0399. The lowest BCUT2D eigenvalue weighted by Crippen LogP contribution is -2.24. The van der Waals surface area contributed by atoms with E-state index in [0.29, 0.717) is 0 Å². The number of aromatic nitrogens is 3. The van der Waals surface area contributed by atoms with Crippen molar-refractivity contribution in [2.24, 2.45) is 7.05 Å². The number of halogens is 1. The molecule has 1 unspecified atom stereocenters. The van der Waals surface area contributed by atoms with Crippen LogP contribution in [0.25, 0.3) is 0 Å². The van der Waals surface area contributed by atoms with Gasteiger partial charge in [0.1, 0.15) is 0 Å². The number of furan rings is 1. The number of hydrogen-bond acceptors (Lipinski definition) is 4. The molecule has 0 aliphatic carbocycles. The molecule has 2 aromatic heterocycles. The predicted octanol–water partition coefficient (Wildman–Crippen LogP) is 1.87. The van der Waals surface area contributed by atoms with Gasteiger partial charge in [-0.15, -0.1) is 5.10 Å². The monoisotopic (exact) mass is 284 g/mol. The second-order valence-corrected chi connectivity index (χ2v) is 4.14. The molecule has 0 aliphatic heterocycles. The van der Waals surface area contributed by atoms with Gasteiger partial charge in [-0.2, -0.15) is 0 Å². The molecule has 16 heavy (non-hydrogen) atoms. The van der Waals surface area contributed by atoms with Gasteiger partial charge in [-0.05, 0) is 28.5 Å². The van der Waals surface area contributed by atoms with E-state index in [2.05, 4.69) is 38.5 Å². The topological polar surface area (TPSA) is 55.9 Å². The molecule has 1 atom stereocenters. The largest absolute Gasteiger partial charge is 0.457 e. The predicted molar refractivity (Wildman–Crippen MR) is 62.9 cm³/mol. The highest BCUT2D eigenvalue weighted by atomic mass is 79.9. The van der Waals surface area contributed by atoms with Crippen molar-refractivity contribution in [3.05, 3.63) is 34.5 Å². The van der Waals surface area contributed by atoms with Gasteiger partial charge in [-0.25, -0.2) is 0 Å². The van der Waals surface area contributed by atoms with Gasteiger partial charge in [0.15, 0.2) is 4.67 Å². The standard InChI is InChI=1S/C10H13BrN4O/c1-3-12-9(7-4-5-16-10(7)11)8-6-13-14-15(8)2/h4-6,9,12H,3H2,1-2H3. The maximum atomic E-state index is 5.26. The minimum Gasteiger partial charge on any atom is -0.457 e. The first-order valence-electron chi connectivity index (χ1n) is 5.05. The third-order valence-corrected chi connectivity index (χ3v) is 3.06. The fourth-order valence-corrected chi connectivity index (χ4v) is 2.12. The third kappa shape index (κ3) is 2.03. The molecule has 5 nitrogen and oxygen atoms in total. The average molecular weight is 285 g/mol. The van der Waals surface area contributed by atoms with Gasteiger partial charge in [0.2, 0.25) is 0 Å². The van der Waals surface area contributed by atoms with E-state index in [0.717, 1.165) is 22.5 Å². The van der Waals surface area contributed by atoms with E-state index in [4.69, 9.17) is 4.42 Å². The number of nitrogens with zero attached hydrogens (tertiary/aromatic N) is 3. The van der Waals surface area contributed by atoms with Crippen LogP contribution in [0.15, 0.2) is 27.6 Å². The lowest BCUT2D eigenvalue weighted by Gasteiger charge is -2.16. The molecular formula is C10H13BrN4O. The molecular weight excluding hydrogens is 272 g/mol. The minimum atomic E-state index is 0.0399. The van der Waals surface area contributed by atoms with Crippen LogP contribution in [0.3, 0.4) is 0 Å².